The van der Waals surface area contributed by atoms with Crippen molar-refractivity contribution < 1.29 is 9.53 Å². The lowest BCUT2D eigenvalue weighted by molar-refractivity contribution is -0.124. The molecule has 1 amide bonds. The Morgan fingerprint density at radius 2 is 2.38 bits per heavy atom. The Bertz CT molecular complexity index is 478. The number of amides is 1. The number of morpholine rings is 1. The van der Waals surface area contributed by atoms with E-state index in [0.29, 0.717) is 25.8 Å². The third-order valence-corrected chi connectivity index (χ3v) is 4.05. The number of hydrogen-bond acceptors (Lipinski definition) is 4. The number of anilines is 1. The first kappa shape index (κ1) is 15.9. The molecule has 0 aliphatic carbocycles. The van der Waals surface area contributed by atoms with Crippen molar-refractivity contribution in [2.75, 3.05) is 25.1 Å². The number of nitrogens with zero attached hydrogens (tertiary/aromatic N) is 1. The van der Waals surface area contributed by atoms with Gasteiger partial charge in [0.25, 0.3) is 0 Å². The molecule has 5 nitrogen and oxygen atoms in total. The van der Waals surface area contributed by atoms with Crippen LogP contribution in [-0.4, -0.2) is 42.6 Å². The van der Waals surface area contributed by atoms with E-state index in [9.17, 15) is 4.79 Å². The number of nitrogens with two attached hydrogens (primary N) is 1. The van der Waals surface area contributed by atoms with E-state index >= 15 is 0 Å². The molecular weight excluding hydrogens is 266 g/mol. The van der Waals surface area contributed by atoms with Crippen molar-refractivity contribution in [2.45, 2.75) is 38.9 Å². The average Bonchev–Trinajstić information content (AvgIpc) is 2.54. The van der Waals surface area contributed by atoms with Crippen LogP contribution in [0.5, 0.6) is 0 Å². The summed E-state index contributed by atoms with van der Waals surface area (Å²) in [6.45, 7) is 6.75. The second-order valence-electron chi connectivity index (χ2n) is 5.44. The van der Waals surface area contributed by atoms with Crippen LogP contribution in [0, 0.1) is 0 Å². The Balaban J connectivity index is 2.01. The molecule has 0 aromatic heterocycles. The second kappa shape index (κ2) is 7.54. The highest BCUT2D eigenvalue weighted by Crippen LogP contribution is 2.16. The molecule has 2 atom stereocenters. The quantitative estimate of drug-likeness (QED) is 0.864. The van der Waals surface area contributed by atoms with Gasteiger partial charge in [-0.1, -0.05) is 19.1 Å². The van der Waals surface area contributed by atoms with Crippen LogP contribution < -0.4 is 11.1 Å². The molecule has 0 spiro atoms. The molecule has 0 bridgehead atoms. The van der Waals surface area contributed by atoms with E-state index in [4.69, 9.17) is 10.5 Å². The van der Waals surface area contributed by atoms with Crippen molar-refractivity contribution in [2.24, 2.45) is 5.73 Å². The average molecular weight is 291 g/mol. The number of rotatable bonds is 5. The van der Waals surface area contributed by atoms with Crippen LogP contribution in [0.25, 0.3) is 0 Å². The summed E-state index contributed by atoms with van der Waals surface area (Å²) in [6.07, 6.45) is 0.986. The smallest absolute Gasteiger partial charge is 0.241 e. The van der Waals surface area contributed by atoms with Gasteiger partial charge < -0.3 is 15.8 Å². The molecule has 21 heavy (non-hydrogen) atoms. The minimum atomic E-state index is -0.166. The van der Waals surface area contributed by atoms with Gasteiger partial charge in [0, 0.05) is 24.8 Å². The Morgan fingerprint density at radius 3 is 3.10 bits per heavy atom. The Labute approximate surface area is 126 Å². The minimum absolute atomic E-state index is 0.0181. The number of carbonyl (C=O) groups is 1. The fraction of sp³-hybridized carbons (Fsp3) is 0.562. The number of nitrogens with one attached hydrogen (secondary N) is 1. The van der Waals surface area contributed by atoms with Gasteiger partial charge in [-0.25, -0.2) is 0 Å². The molecule has 0 saturated carbocycles. The second-order valence-corrected chi connectivity index (χ2v) is 5.44. The zero-order chi connectivity index (χ0) is 15.2. The number of carbonyl (C=O) groups excluding carboxylic acids is 1. The molecule has 5 heteroatoms. The largest absolute Gasteiger partial charge is 0.378 e. The minimum Gasteiger partial charge on any atom is -0.378 e. The SMILES string of the molecule is CCC1COCCN1C(C)C(=O)Nc1cccc(CN)c1. The molecule has 1 aliphatic rings. The van der Waals surface area contributed by atoms with Crippen LogP contribution in [0.3, 0.4) is 0 Å². The maximum absolute atomic E-state index is 12.4. The van der Waals surface area contributed by atoms with Crippen LogP contribution >= 0.6 is 0 Å². The molecule has 1 saturated heterocycles. The molecular formula is C16H25N3O2. The lowest BCUT2D eigenvalue weighted by Crippen LogP contribution is -2.53. The van der Waals surface area contributed by atoms with E-state index in [-0.39, 0.29) is 11.9 Å². The topological polar surface area (TPSA) is 67.6 Å². The van der Waals surface area contributed by atoms with Gasteiger partial charge in [0.2, 0.25) is 5.91 Å². The van der Waals surface area contributed by atoms with Crippen molar-refractivity contribution in [1.82, 2.24) is 4.90 Å². The van der Waals surface area contributed by atoms with Gasteiger partial charge in [0.1, 0.15) is 0 Å². The van der Waals surface area contributed by atoms with Gasteiger partial charge >= 0.3 is 0 Å². The van der Waals surface area contributed by atoms with Crippen LogP contribution in [-0.2, 0) is 16.1 Å². The van der Waals surface area contributed by atoms with Crippen molar-refractivity contribution in [3.8, 4) is 0 Å². The first-order chi connectivity index (χ1) is 10.2. The van der Waals surface area contributed by atoms with E-state index in [1.54, 1.807) is 0 Å². The van der Waals surface area contributed by atoms with Crippen molar-refractivity contribution in [3.63, 3.8) is 0 Å². The fourth-order valence-electron chi connectivity index (χ4n) is 2.70. The summed E-state index contributed by atoms with van der Waals surface area (Å²) in [5.41, 5.74) is 7.44. The van der Waals surface area contributed by atoms with Crippen LogP contribution in [0.1, 0.15) is 25.8 Å². The Morgan fingerprint density at radius 1 is 1.57 bits per heavy atom. The number of ether oxygens (including phenoxy) is 1. The first-order valence-corrected chi connectivity index (χ1v) is 7.59. The van der Waals surface area contributed by atoms with Crippen molar-refractivity contribution in [3.05, 3.63) is 29.8 Å². The number of hydrogen-bond donors (Lipinski definition) is 2. The van der Waals surface area contributed by atoms with E-state index < -0.39 is 0 Å². The molecule has 1 aliphatic heterocycles. The summed E-state index contributed by atoms with van der Waals surface area (Å²) in [7, 11) is 0. The monoisotopic (exact) mass is 291 g/mol. The maximum atomic E-state index is 12.4. The molecule has 2 unspecified atom stereocenters. The third-order valence-electron chi connectivity index (χ3n) is 4.05. The van der Waals surface area contributed by atoms with E-state index in [2.05, 4.69) is 17.1 Å². The van der Waals surface area contributed by atoms with Gasteiger partial charge in [0.05, 0.1) is 19.3 Å². The predicted octanol–water partition coefficient (Wildman–Crippen LogP) is 1.58. The van der Waals surface area contributed by atoms with Crippen LogP contribution in [0.4, 0.5) is 5.69 Å². The Hall–Kier alpha value is -1.43. The van der Waals surface area contributed by atoms with Gasteiger partial charge in [-0.3, -0.25) is 9.69 Å². The molecule has 1 aromatic rings. The summed E-state index contributed by atoms with van der Waals surface area (Å²) >= 11 is 0. The van der Waals surface area contributed by atoms with E-state index in [1.807, 2.05) is 31.2 Å². The Kier molecular flexibility index (Phi) is 5.73. The number of benzene rings is 1. The van der Waals surface area contributed by atoms with Gasteiger partial charge in [-0.05, 0) is 31.0 Å². The highest BCUT2D eigenvalue weighted by molar-refractivity contribution is 5.94. The standard InChI is InChI=1S/C16H25N3O2/c1-3-15-11-21-8-7-19(15)12(2)16(20)18-14-6-4-5-13(9-14)10-17/h4-6,9,12,15H,3,7-8,10-11,17H2,1-2H3,(H,18,20). The normalized spacial score (nSPS) is 21.0. The first-order valence-electron chi connectivity index (χ1n) is 7.59. The third kappa shape index (κ3) is 4.03. The van der Waals surface area contributed by atoms with Crippen molar-refractivity contribution in [1.29, 1.82) is 0 Å². The zero-order valence-electron chi connectivity index (χ0n) is 12.8. The van der Waals surface area contributed by atoms with Crippen molar-refractivity contribution >= 4 is 11.6 Å². The van der Waals surface area contributed by atoms with Gasteiger partial charge in [0.15, 0.2) is 0 Å². The van der Waals surface area contributed by atoms with Gasteiger partial charge in [-0.2, -0.15) is 0 Å². The van der Waals surface area contributed by atoms with Crippen LogP contribution in [0.15, 0.2) is 24.3 Å². The highest BCUT2D eigenvalue weighted by atomic mass is 16.5. The van der Waals surface area contributed by atoms with Crippen LogP contribution in [0.2, 0.25) is 0 Å². The lowest BCUT2D eigenvalue weighted by Gasteiger charge is -2.38. The van der Waals surface area contributed by atoms with E-state index in [0.717, 1.165) is 24.2 Å². The molecule has 2 rings (SSSR count). The molecule has 3 N–H and O–H groups in total. The highest BCUT2D eigenvalue weighted by Gasteiger charge is 2.29. The molecule has 1 fully saturated rings. The molecule has 1 heterocycles. The molecule has 116 valence electrons. The fourth-order valence-corrected chi connectivity index (χ4v) is 2.70. The lowest BCUT2D eigenvalue weighted by atomic mass is 10.1. The summed E-state index contributed by atoms with van der Waals surface area (Å²) in [5.74, 6) is 0.0181. The molecule has 0 radical (unpaired) electrons. The maximum Gasteiger partial charge on any atom is 0.241 e. The summed E-state index contributed by atoms with van der Waals surface area (Å²) in [6, 6.07) is 7.82. The zero-order valence-corrected chi connectivity index (χ0v) is 12.8. The molecule has 1 aromatic carbocycles. The summed E-state index contributed by atoms with van der Waals surface area (Å²) < 4.78 is 5.49. The predicted molar refractivity (Wildman–Crippen MR) is 84.0 cm³/mol. The van der Waals surface area contributed by atoms with E-state index in [1.165, 1.54) is 0 Å². The summed E-state index contributed by atoms with van der Waals surface area (Å²) in [5, 5.41) is 2.98. The summed E-state index contributed by atoms with van der Waals surface area (Å²) in [4.78, 5) is 14.7. The van der Waals surface area contributed by atoms with Gasteiger partial charge in [-0.15, -0.1) is 0 Å².